The van der Waals surface area contributed by atoms with Crippen molar-refractivity contribution in [3.8, 4) is 5.69 Å². The molecule has 0 unspecified atom stereocenters. The van der Waals surface area contributed by atoms with Gasteiger partial charge in [-0.1, -0.05) is 12.1 Å². The standard InChI is InChI=1S/C12H12N2O/c1-9-5-6-10(8-11(9)13)14-7-3-2-4-12(14)15/h2-8H,13H2,1H3. The first-order valence-electron chi connectivity index (χ1n) is 4.72. The van der Waals surface area contributed by atoms with Crippen LogP contribution in [0.4, 0.5) is 5.69 Å². The van der Waals surface area contributed by atoms with Crippen LogP contribution >= 0.6 is 0 Å². The van der Waals surface area contributed by atoms with Gasteiger partial charge in [-0.3, -0.25) is 9.36 Å². The molecule has 76 valence electrons. The van der Waals surface area contributed by atoms with E-state index in [1.165, 1.54) is 6.07 Å². The van der Waals surface area contributed by atoms with Crippen molar-refractivity contribution in [2.45, 2.75) is 6.92 Å². The minimum atomic E-state index is -0.0549. The second kappa shape index (κ2) is 3.61. The molecule has 1 aromatic carbocycles. The number of pyridine rings is 1. The number of aromatic nitrogens is 1. The highest BCUT2D eigenvalue weighted by Crippen LogP contribution is 2.14. The molecule has 0 aliphatic carbocycles. The van der Waals surface area contributed by atoms with Crippen LogP contribution in [0.1, 0.15) is 5.56 Å². The number of rotatable bonds is 1. The molecule has 0 aliphatic rings. The summed E-state index contributed by atoms with van der Waals surface area (Å²) in [5.41, 5.74) is 8.25. The second-order valence-electron chi connectivity index (χ2n) is 3.45. The molecular weight excluding hydrogens is 188 g/mol. The number of anilines is 1. The molecule has 2 aromatic rings. The molecule has 0 radical (unpaired) electrons. The molecule has 2 N–H and O–H groups in total. The van der Waals surface area contributed by atoms with Gasteiger partial charge in [0.05, 0.1) is 5.69 Å². The maximum atomic E-state index is 11.5. The Hall–Kier alpha value is -2.03. The lowest BCUT2D eigenvalue weighted by molar-refractivity contribution is 0.990. The van der Waals surface area contributed by atoms with Gasteiger partial charge >= 0.3 is 0 Å². The molecule has 1 heterocycles. The molecule has 3 nitrogen and oxygen atoms in total. The fourth-order valence-electron chi connectivity index (χ4n) is 1.42. The fourth-order valence-corrected chi connectivity index (χ4v) is 1.42. The Balaban J connectivity index is 2.60. The number of nitrogens with zero attached hydrogens (tertiary/aromatic N) is 1. The van der Waals surface area contributed by atoms with E-state index in [1.54, 1.807) is 22.9 Å². The van der Waals surface area contributed by atoms with Gasteiger partial charge in [-0.25, -0.2) is 0 Å². The Bertz CT molecular complexity index is 543. The molecule has 0 amide bonds. The van der Waals surface area contributed by atoms with E-state index in [0.717, 1.165) is 11.3 Å². The minimum Gasteiger partial charge on any atom is -0.398 e. The van der Waals surface area contributed by atoms with Gasteiger partial charge in [0.2, 0.25) is 0 Å². The second-order valence-corrected chi connectivity index (χ2v) is 3.45. The summed E-state index contributed by atoms with van der Waals surface area (Å²) >= 11 is 0. The molecule has 2 rings (SSSR count). The SMILES string of the molecule is Cc1ccc(-n2ccccc2=O)cc1N. The van der Waals surface area contributed by atoms with Crippen LogP contribution in [-0.2, 0) is 0 Å². The van der Waals surface area contributed by atoms with Crippen LogP contribution in [0.3, 0.4) is 0 Å². The first-order chi connectivity index (χ1) is 7.18. The normalized spacial score (nSPS) is 10.2. The molecule has 0 fully saturated rings. The third kappa shape index (κ3) is 1.76. The largest absolute Gasteiger partial charge is 0.398 e. The Morgan fingerprint density at radius 3 is 2.67 bits per heavy atom. The van der Waals surface area contributed by atoms with Gasteiger partial charge in [0, 0.05) is 18.0 Å². The monoisotopic (exact) mass is 200 g/mol. The molecule has 0 saturated heterocycles. The molecule has 0 saturated carbocycles. The average molecular weight is 200 g/mol. The fraction of sp³-hybridized carbons (Fsp3) is 0.0833. The van der Waals surface area contributed by atoms with Gasteiger partial charge in [-0.05, 0) is 30.7 Å². The molecule has 3 heteroatoms. The molecule has 1 aromatic heterocycles. The molecule has 0 atom stereocenters. The number of nitrogens with two attached hydrogens (primary N) is 1. The molecular formula is C12H12N2O. The highest BCUT2D eigenvalue weighted by atomic mass is 16.1. The van der Waals surface area contributed by atoms with Crippen LogP contribution in [0.25, 0.3) is 5.69 Å². The Kier molecular flexibility index (Phi) is 2.29. The van der Waals surface area contributed by atoms with E-state index < -0.39 is 0 Å². The van der Waals surface area contributed by atoms with Crippen molar-refractivity contribution < 1.29 is 0 Å². The van der Waals surface area contributed by atoms with Crippen molar-refractivity contribution in [2.24, 2.45) is 0 Å². The highest BCUT2D eigenvalue weighted by molar-refractivity contribution is 5.53. The van der Waals surface area contributed by atoms with Crippen molar-refractivity contribution in [2.75, 3.05) is 5.73 Å². The lowest BCUT2D eigenvalue weighted by Gasteiger charge is -2.07. The number of hydrogen-bond acceptors (Lipinski definition) is 2. The van der Waals surface area contributed by atoms with E-state index >= 15 is 0 Å². The van der Waals surface area contributed by atoms with Gasteiger partial charge in [-0.2, -0.15) is 0 Å². The smallest absolute Gasteiger partial charge is 0.255 e. The summed E-state index contributed by atoms with van der Waals surface area (Å²) in [6.45, 7) is 1.94. The Labute approximate surface area is 87.8 Å². The number of benzene rings is 1. The summed E-state index contributed by atoms with van der Waals surface area (Å²) in [7, 11) is 0. The number of nitrogen functional groups attached to an aromatic ring is 1. The van der Waals surface area contributed by atoms with E-state index in [-0.39, 0.29) is 5.56 Å². The van der Waals surface area contributed by atoms with Crippen LogP contribution < -0.4 is 11.3 Å². The zero-order valence-electron chi connectivity index (χ0n) is 8.47. The van der Waals surface area contributed by atoms with Crippen molar-refractivity contribution >= 4 is 5.69 Å². The lowest BCUT2D eigenvalue weighted by Crippen LogP contribution is -2.15. The molecule has 0 aliphatic heterocycles. The number of aryl methyl sites for hydroxylation is 1. The quantitative estimate of drug-likeness (QED) is 0.712. The predicted octanol–water partition coefficient (Wildman–Crippen LogP) is 1.73. The predicted molar refractivity (Wildman–Crippen MR) is 61.2 cm³/mol. The summed E-state index contributed by atoms with van der Waals surface area (Å²) in [4.78, 5) is 11.5. The van der Waals surface area contributed by atoms with Gasteiger partial charge < -0.3 is 5.73 Å². The summed E-state index contributed by atoms with van der Waals surface area (Å²) in [6, 6.07) is 10.7. The Morgan fingerprint density at radius 2 is 2.00 bits per heavy atom. The summed E-state index contributed by atoms with van der Waals surface area (Å²) in [5.74, 6) is 0. The first-order valence-corrected chi connectivity index (χ1v) is 4.72. The van der Waals surface area contributed by atoms with Gasteiger partial charge in [0.1, 0.15) is 0 Å². The first kappa shape index (κ1) is 9.52. The topological polar surface area (TPSA) is 48.0 Å². The third-order valence-electron chi connectivity index (χ3n) is 2.36. The summed E-state index contributed by atoms with van der Waals surface area (Å²) < 4.78 is 1.57. The van der Waals surface area contributed by atoms with E-state index in [9.17, 15) is 4.79 Å². The van der Waals surface area contributed by atoms with E-state index in [2.05, 4.69) is 0 Å². The van der Waals surface area contributed by atoms with Crippen LogP contribution in [0, 0.1) is 6.92 Å². The summed E-state index contributed by atoms with van der Waals surface area (Å²) in [6.07, 6.45) is 1.73. The summed E-state index contributed by atoms with van der Waals surface area (Å²) in [5, 5.41) is 0. The third-order valence-corrected chi connectivity index (χ3v) is 2.36. The van der Waals surface area contributed by atoms with E-state index in [0.29, 0.717) is 5.69 Å². The van der Waals surface area contributed by atoms with Crippen molar-refractivity contribution in [1.29, 1.82) is 0 Å². The van der Waals surface area contributed by atoms with Crippen LogP contribution in [0.15, 0.2) is 47.4 Å². The van der Waals surface area contributed by atoms with Crippen molar-refractivity contribution in [3.63, 3.8) is 0 Å². The van der Waals surface area contributed by atoms with Crippen LogP contribution in [0.2, 0.25) is 0 Å². The highest BCUT2D eigenvalue weighted by Gasteiger charge is 2.00. The Morgan fingerprint density at radius 1 is 1.20 bits per heavy atom. The maximum absolute atomic E-state index is 11.5. The van der Waals surface area contributed by atoms with Gasteiger partial charge in [-0.15, -0.1) is 0 Å². The van der Waals surface area contributed by atoms with E-state index in [1.807, 2.05) is 25.1 Å². The minimum absolute atomic E-state index is 0.0549. The van der Waals surface area contributed by atoms with Crippen molar-refractivity contribution in [3.05, 3.63) is 58.5 Å². The number of hydrogen-bond donors (Lipinski definition) is 1. The van der Waals surface area contributed by atoms with Crippen molar-refractivity contribution in [1.82, 2.24) is 4.57 Å². The average Bonchev–Trinajstić information content (AvgIpc) is 2.23. The van der Waals surface area contributed by atoms with Gasteiger partial charge in [0.15, 0.2) is 0 Å². The van der Waals surface area contributed by atoms with E-state index in [4.69, 9.17) is 5.73 Å². The van der Waals surface area contributed by atoms with Gasteiger partial charge in [0.25, 0.3) is 5.56 Å². The molecule has 0 spiro atoms. The zero-order chi connectivity index (χ0) is 10.8. The zero-order valence-corrected chi connectivity index (χ0v) is 8.47. The maximum Gasteiger partial charge on any atom is 0.255 e. The molecule has 0 bridgehead atoms. The van der Waals surface area contributed by atoms with Crippen LogP contribution in [-0.4, -0.2) is 4.57 Å². The molecule has 15 heavy (non-hydrogen) atoms. The lowest BCUT2D eigenvalue weighted by atomic mass is 10.2. The van der Waals surface area contributed by atoms with Crippen LogP contribution in [0.5, 0.6) is 0 Å².